The van der Waals surface area contributed by atoms with Crippen LogP contribution in [0.25, 0.3) is 0 Å². The van der Waals surface area contributed by atoms with Crippen LogP contribution in [0.15, 0.2) is 12.5 Å². The summed E-state index contributed by atoms with van der Waals surface area (Å²) in [6.07, 6.45) is 6.52. The number of hydrogen-bond donors (Lipinski definition) is 1. The smallest absolute Gasteiger partial charge is 0.242 e. The number of carbonyl (C=O) groups excluding carboxylic acids is 1. The summed E-state index contributed by atoms with van der Waals surface area (Å²) in [5.74, 6) is 0.189. The third-order valence-electron chi connectivity index (χ3n) is 2.96. The molecule has 1 fully saturated rings. The Balaban J connectivity index is 1.96. The molecule has 5 heteroatoms. The molecule has 2 N–H and O–H groups in total. The number of carbonyl (C=O) groups is 1. The minimum atomic E-state index is 0.189. The number of likely N-dealkylation sites (tertiary alicyclic amines) is 1. The maximum atomic E-state index is 11.9. The Labute approximate surface area is 95.2 Å². The van der Waals surface area contributed by atoms with Gasteiger partial charge < -0.3 is 15.2 Å². The van der Waals surface area contributed by atoms with Crippen molar-refractivity contribution in [3.8, 4) is 0 Å². The van der Waals surface area contributed by atoms with Crippen LogP contribution in [0.3, 0.4) is 0 Å². The van der Waals surface area contributed by atoms with Crippen molar-refractivity contribution in [1.29, 1.82) is 0 Å². The Morgan fingerprint density at radius 3 is 2.88 bits per heavy atom. The van der Waals surface area contributed by atoms with Gasteiger partial charge in [-0.25, -0.2) is 4.98 Å². The van der Waals surface area contributed by atoms with E-state index in [4.69, 9.17) is 5.73 Å². The van der Waals surface area contributed by atoms with E-state index in [-0.39, 0.29) is 5.91 Å². The molecule has 0 saturated carbocycles. The second kappa shape index (κ2) is 5.12. The molecule has 2 rings (SSSR count). The summed E-state index contributed by atoms with van der Waals surface area (Å²) in [5.41, 5.74) is 6.54. The number of imidazole rings is 1. The first-order valence-electron chi connectivity index (χ1n) is 5.78. The minimum Gasteiger partial charge on any atom is -0.341 e. The average Bonchev–Trinajstić information content (AvgIpc) is 2.90. The number of hydrogen-bond acceptors (Lipinski definition) is 3. The standard InChI is InChI=1S/C11H18N4O/c12-4-3-10-7-13-9-15(10)8-11(16)14-5-1-2-6-14/h7,9H,1-6,8,12H2. The fourth-order valence-electron chi connectivity index (χ4n) is 2.06. The number of rotatable bonds is 4. The van der Waals surface area contributed by atoms with E-state index in [0.717, 1.165) is 38.0 Å². The first-order valence-corrected chi connectivity index (χ1v) is 5.78. The van der Waals surface area contributed by atoms with Gasteiger partial charge in [-0.3, -0.25) is 4.79 Å². The maximum Gasteiger partial charge on any atom is 0.242 e. The van der Waals surface area contributed by atoms with Gasteiger partial charge in [0.1, 0.15) is 6.54 Å². The van der Waals surface area contributed by atoms with Crippen LogP contribution in [0.1, 0.15) is 18.5 Å². The highest BCUT2D eigenvalue weighted by atomic mass is 16.2. The molecule has 1 amide bonds. The van der Waals surface area contributed by atoms with Crippen molar-refractivity contribution < 1.29 is 4.79 Å². The summed E-state index contributed by atoms with van der Waals surface area (Å²) < 4.78 is 1.90. The van der Waals surface area contributed by atoms with Gasteiger partial charge in [0.2, 0.25) is 5.91 Å². The number of amides is 1. The van der Waals surface area contributed by atoms with Gasteiger partial charge in [-0.15, -0.1) is 0 Å². The predicted molar refractivity (Wildman–Crippen MR) is 60.8 cm³/mol. The van der Waals surface area contributed by atoms with Gasteiger partial charge in [0.15, 0.2) is 0 Å². The van der Waals surface area contributed by atoms with E-state index in [1.165, 1.54) is 0 Å². The molecule has 5 nitrogen and oxygen atoms in total. The lowest BCUT2D eigenvalue weighted by molar-refractivity contribution is -0.130. The average molecular weight is 222 g/mol. The molecule has 0 atom stereocenters. The third kappa shape index (κ3) is 2.41. The second-order valence-corrected chi connectivity index (χ2v) is 4.14. The van der Waals surface area contributed by atoms with Crippen LogP contribution in [-0.4, -0.2) is 40.0 Å². The largest absolute Gasteiger partial charge is 0.341 e. The molecular weight excluding hydrogens is 204 g/mol. The molecule has 2 heterocycles. The fourth-order valence-corrected chi connectivity index (χ4v) is 2.06. The highest BCUT2D eigenvalue weighted by Crippen LogP contribution is 2.09. The molecule has 0 aliphatic carbocycles. The van der Waals surface area contributed by atoms with E-state index in [1.807, 2.05) is 9.47 Å². The topological polar surface area (TPSA) is 64.1 Å². The van der Waals surface area contributed by atoms with E-state index >= 15 is 0 Å². The van der Waals surface area contributed by atoms with Crippen LogP contribution in [0.4, 0.5) is 0 Å². The first kappa shape index (κ1) is 11.1. The van der Waals surface area contributed by atoms with Crippen LogP contribution in [-0.2, 0) is 17.8 Å². The summed E-state index contributed by atoms with van der Waals surface area (Å²) in [6, 6.07) is 0. The van der Waals surface area contributed by atoms with Crippen molar-refractivity contribution in [3.63, 3.8) is 0 Å². The van der Waals surface area contributed by atoms with Gasteiger partial charge in [-0.2, -0.15) is 0 Å². The molecule has 0 unspecified atom stereocenters. The summed E-state index contributed by atoms with van der Waals surface area (Å²) in [4.78, 5) is 17.9. The zero-order valence-electron chi connectivity index (χ0n) is 9.43. The normalized spacial score (nSPS) is 15.7. The van der Waals surface area contributed by atoms with E-state index < -0.39 is 0 Å². The molecule has 1 aliphatic rings. The highest BCUT2D eigenvalue weighted by Gasteiger charge is 2.18. The molecule has 0 spiro atoms. The summed E-state index contributed by atoms with van der Waals surface area (Å²) in [7, 11) is 0. The molecule has 0 bridgehead atoms. The maximum absolute atomic E-state index is 11.9. The number of nitrogens with zero attached hydrogens (tertiary/aromatic N) is 3. The zero-order valence-corrected chi connectivity index (χ0v) is 9.43. The second-order valence-electron chi connectivity index (χ2n) is 4.14. The molecule has 0 radical (unpaired) electrons. The van der Waals surface area contributed by atoms with Gasteiger partial charge >= 0.3 is 0 Å². The van der Waals surface area contributed by atoms with Crippen LogP contribution in [0, 0.1) is 0 Å². The van der Waals surface area contributed by atoms with Gasteiger partial charge in [0.25, 0.3) is 0 Å². The van der Waals surface area contributed by atoms with Crippen LogP contribution in [0.5, 0.6) is 0 Å². The van der Waals surface area contributed by atoms with E-state index in [2.05, 4.69) is 4.98 Å². The van der Waals surface area contributed by atoms with Crippen molar-refractivity contribution in [1.82, 2.24) is 14.5 Å². The first-order chi connectivity index (χ1) is 7.81. The Kier molecular flexibility index (Phi) is 3.56. The van der Waals surface area contributed by atoms with Gasteiger partial charge in [0, 0.05) is 31.4 Å². The van der Waals surface area contributed by atoms with Crippen molar-refractivity contribution in [2.75, 3.05) is 19.6 Å². The van der Waals surface area contributed by atoms with Crippen molar-refractivity contribution in [3.05, 3.63) is 18.2 Å². The summed E-state index contributed by atoms with van der Waals surface area (Å²) >= 11 is 0. The molecule has 1 aromatic rings. The van der Waals surface area contributed by atoms with Crippen LogP contribution < -0.4 is 5.73 Å². The van der Waals surface area contributed by atoms with Crippen molar-refractivity contribution in [2.24, 2.45) is 5.73 Å². The quantitative estimate of drug-likeness (QED) is 0.780. The molecular formula is C11H18N4O. The molecule has 1 aliphatic heterocycles. The summed E-state index contributed by atoms with van der Waals surface area (Å²) in [6.45, 7) is 2.79. The van der Waals surface area contributed by atoms with Gasteiger partial charge in [-0.05, 0) is 19.4 Å². The van der Waals surface area contributed by atoms with Crippen LogP contribution >= 0.6 is 0 Å². The minimum absolute atomic E-state index is 0.189. The Hall–Kier alpha value is -1.36. The summed E-state index contributed by atoms with van der Waals surface area (Å²) in [5, 5.41) is 0. The van der Waals surface area contributed by atoms with Crippen molar-refractivity contribution in [2.45, 2.75) is 25.8 Å². The predicted octanol–water partition coefficient (Wildman–Crippen LogP) is 0.00670. The lowest BCUT2D eigenvalue weighted by Gasteiger charge is -2.16. The van der Waals surface area contributed by atoms with E-state index in [9.17, 15) is 4.79 Å². The molecule has 0 aromatic carbocycles. The zero-order chi connectivity index (χ0) is 11.4. The Bertz CT molecular complexity index is 355. The Morgan fingerprint density at radius 2 is 2.19 bits per heavy atom. The van der Waals surface area contributed by atoms with Gasteiger partial charge in [-0.1, -0.05) is 0 Å². The van der Waals surface area contributed by atoms with Gasteiger partial charge in [0.05, 0.1) is 6.33 Å². The molecule has 1 aromatic heterocycles. The molecule has 1 saturated heterocycles. The number of aromatic nitrogens is 2. The lowest BCUT2D eigenvalue weighted by atomic mass is 10.3. The van der Waals surface area contributed by atoms with Crippen LogP contribution in [0.2, 0.25) is 0 Å². The Morgan fingerprint density at radius 1 is 1.44 bits per heavy atom. The third-order valence-corrected chi connectivity index (χ3v) is 2.96. The highest BCUT2D eigenvalue weighted by molar-refractivity contribution is 5.76. The lowest BCUT2D eigenvalue weighted by Crippen LogP contribution is -2.31. The fraction of sp³-hybridized carbons (Fsp3) is 0.636. The molecule has 88 valence electrons. The van der Waals surface area contributed by atoms with E-state index in [1.54, 1.807) is 12.5 Å². The van der Waals surface area contributed by atoms with Crippen molar-refractivity contribution >= 4 is 5.91 Å². The van der Waals surface area contributed by atoms with E-state index in [0.29, 0.717) is 13.1 Å². The SMILES string of the molecule is NCCc1cncn1CC(=O)N1CCCC1. The molecule has 16 heavy (non-hydrogen) atoms. The number of nitrogens with two attached hydrogens (primary N) is 1. The monoisotopic (exact) mass is 222 g/mol.